The van der Waals surface area contributed by atoms with Crippen LogP contribution in [0, 0.1) is 5.82 Å². The van der Waals surface area contributed by atoms with Crippen molar-refractivity contribution in [1.82, 2.24) is 25.0 Å². The molecule has 1 N–H and O–H groups in total. The van der Waals surface area contributed by atoms with E-state index in [1.807, 2.05) is 22.4 Å². The van der Waals surface area contributed by atoms with E-state index >= 15 is 0 Å². The van der Waals surface area contributed by atoms with Crippen LogP contribution in [0.3, 0.4) is 0 Å². The van der Waals surface area contributed by atoms with Crippen LogP contribution >= 0.6 is 11.3 Å². The molecule has 3 aromatic rings. The number of hydrogen-bond acceptors (Lipinski definition) is 5. The topological polar surface area (TPSA) is 63.1 Å². The summed E-state index contributed by atoms with van der Waals surface area (Å²) in [7, 11) is 0. The molecular weight excluding hydrogens is 377 g/mol. The van der Waals surface area contributed by atoms with E-state index in [2.05, 4.69) is 15.4 Å². The average molecular weight is 397 g/mol. The van der Waals surface area contributed by atoms with Crippen molar-refractivity contribution in [3.05, 3.63) is 53.4 Å². The third-order valence-electron chi connectivity index (χ3n) is 5.48. The minimum absolute atomic E-state index is 0.135. The Morgan fingerprint density at radius 2 is 2.07 bits per heavy atom. The maximum absolute atomic E-state index is 13.8. The first-order valence-corrected chi connectivity index (χ1v) is 10.4. The van der Waals surface area contributed by atoms with Gasteiger partial charge < -0.3 is 10.2 Å². The molecule has 2 aliphatic heterocycles. The summed E-state index contributed by atoms with van der Waals surface area (Å²) in [5.74, 6) is 0.245. The molecule has 0 saturated carbocycles. The van der Waals surface area contributed by atoms with E-state index in [4.69, 9.17) is 0 Å². The molecule has 2 fully saturated rings. The van der Waals surface area contributed by atoms with Crippen molar-refractivity contribution in [3.63, 3.8) is 0 Å². The minimum atomic E-state index is -0.352. The lowest BCUT2D eigenvalue weighted by Gasteiger charge is -2.26. The molecule has 144 valence electrons. The Kier molecular flexibility index (Phi) is 4.44. The van der Waals surface area contributed by atoms with E-state index in [1.54, 1.807) is 16.8 Å². The van der Waals surface area contributed by atoms with Gasteiger partial charge in [0.05, 0.1) is 10.6 Å². The maximum atomic E-state index is 13.8. The fourth-order valence-corrected chi connectivity index (χ4v) is 4.88. The van der Waals surface area contributed by atoms with E-state index in [1.165, 1.54) is 23.5 Å². The molecule has 2 bridgehead atoms. The molecule has 6 nitrogen and oxygen atoms in total. The normalized spacial score (nSPS) is 21.7. The second-order valence-electron chi connectivity index (χ2n) is 7.22. The molecule has 8 heteroatoms. The van der Waals surface area contributed by atoms with E-state index < -0.39 is 0 Å². The van der Waals surface area contributed by atoms with Gasteiger partial charge in [0.15, 0.2) is 5.82 Å². The van der Waals surface area contributed by atoms with Crippen molar-refractivity contribution in [2.75, 3.05) is 13.1 Å². The van der Waals surface area contributed by atoms with Crippen LogP contribution in [0.25, 0.3) is 16.4 Å². The fourth-order valence-electron chi connectivity index (χ4n) is 4.19. The number of nitrogens with one attached hydrogen (secondary N) is 1. The first-order valence-electron chi connectivity index (χ1n) is 9.51. The van der Waals surface area contributed by atoms with Crippen LogP contribution in [-0.4, -0.2) is 50.7 Å². The van der Waals surface area contributed by atoms with Gasteiger partial charge in [-0.2, -0.15) is 0 Å². The average Bonchev–Trinajstić information content (AvgIpc) is 3.38. The van der Waals surface area contributed by atoms with E-state index in [9.17, 15) is 9.18 Å². The standard InChI is InChI=1S/C20H20FN5OS/c21-13-3-1-4-15(11-13)26-19(17-5-2-10-28-17)23-18(24-26)20(27)25-14-6-7-16(25)12-22-9-8-14/h1-5,10-11,14,16,22H,6-9,12H2. The summed E-state index contributed by atoms with van der Waals surface area (Å²) in [5, 5.41) is 9.87. The summed E-state index contributed by atoms with van der Waals surface area (Å²) in [6.07, 6.45) is 2.98. The summed E-state index contributed by atoms with van der Waals surface area (Å²) in [6, 6.07) is 10.5. The summed E-state index contributed by atoms with van der Waals surface area (Å²) in [5.41, 5.74) is 0.551. The molecule has 1 aromatic carbocycles. The molecule has 0 aliphatic carbocycles. The van der Waals surface area contributed by atoms with E-state index in [0.29, 0.717) is 11.5 Å². The van der Waals surface area contributed by atoms with Gasteiger partial charge in [-0.15, -0.1) is 16.4 Å². The first-order chi connectivity index (χ1) is 13.7. The first kappa shape index (κ1) is 17.5. The van der Waals surface area contributed by atoms with Gasteiger partial charge in [0.2, 0.25) is 5.82 Å². The smallest absolute Gasteiger partial charge is 0.294 e. The van der Waals surface area contributed by atoms with Crippen LogP contribution in [0.15, 0.2) is 41.8 Å². The zero-order valence-electron chi connectivity index (χ0n) is 15.2. The Balaban J connectivity index is 1.57. The zero-order valence-corrected chi connectivity index (χ0v) is 16.0. The van der Waals surface area contributed by atoms with E-state index in [-0.39, 0.29) is 29.6 Å². The Hall–Kier alpha value is -2.58. The SMILES string of the molecule is O=C(c1nc(-c2cccs2)n(-c2cccc(F)c2)n1)N1C2CCNCC1CC2. The lowest BCUT2D eigenvalue weighted by molar-refractivity contribution is 0.0667. The third-order valence-corrected chi connectivity index (χ3v) is 6.35. The third kappa shape index (κ3) is 3.02. The Morgan fingerprint density at radius 3 is 2.89 bits per heavy atom. The quantitative estimate of drug-likeness (QED) is 0.738. The number of benzene rings is 1. The highest BCUT2D eigenvalue weighted by Crippen LogP contribution is 2.31. The Labute approximate surface area is 166 Å². The highest BCUT2D eigenvalue weighted by Gasteiger charge is 2.40. The summed E-state index contributed by atoms with van der Waals surface area (Å²) >= 11 is 1.51. The largest absolute Gasteiger partial charge is 0.329 e. The second-order valence-corrected chi connectivity index (χ2v) is 8.17. The molecule has 4 heterocycles. The number of carbonyl (C=O) groups excluding carboxylic acids is 1. The second kappa shape index (κ2) is 7.10. The lowest BCUT2D eigenvalue weighted by Crippen LogP contribution is -2.43. The molecule has 5 rings (SSSR count). The molecule has 0 radical (unpaired) electrons. The summed E-state index contributed by atoms with van der Waals surface area (Å²) in [6.45, 7) is 1.74. The maximum Gasteiger partial charge on any atom is 0.294 e. The monoisotopic (exact) mass is 397 g/mol. The number of amides is 1. The number of halogens is 1. The van der Waals surface area contributed by atoms with Crippen LogP contribution in [0.5, 0.6) is 0 Å². The van der Waals surface area contributed by atoms with Gasteiger partial charge in [-0.3, -0.25) is 4.79 Å². The van der Waals surface area contributed by atoms with Crippen molar-refractivity contribution in [3.8, 4) is 16.4 Å². The highest BCUT2D eigenvalue weighted by atomic mass is 32.1. The number of fused-ring (bicyclic) bond motifs is 2. The minimum Gasteiger partial charge on any atom is -0.329 e. The van der Waals surface area contributed by atoms with Crippen molar-refractivity contribution in [2.24, 2.45) is 0 Å². The summed E-state index contributed by atoms with van der Waals surface area (Å²) in [4.78, 5) is 20.8. The number of aromatic nitrogens is 3. The zero-order chi connectivity index (χ0) is 19.1. The number of thiophene rings is 1. The molecule has 2 saturated heterocycles. The van der Waals surface area contributed by atoms with Crippen molar-refractivity contribution in [1.29, 1.82) is 0 Å². The molecule has 2 atom stereocenters. The molecule has 1 amide bonds. The van der Waals surface area contributed by atoms with Crippen LogP contribution in [-0.2, 0) is 0 Å². The predicted molar refractivity (Wildman–Crippen MR) is 105 cm³/mol. The van der Waals surface area contributed by atoms with Crippen LogP contribution in [0.4, 0.5) is 4.39 Å². The number of rotatable bonds is 3. The van der Waals surface area contributed by atoms with Gasteiger partial charge in [0.25, 0.3) is 5.91 Å². The van der Waals surface area contributed by atoms with E-state index in [0.717, 1.165) is 37.2 Å². The van der Waals surface area contributed by atoms with Crippen molar-refractivity contribution in [2.45, 2.75) is 31.3 Å². The number of hydrogen-bond donors (Lipinski definition) is 1. The van der Waals surface area contributed by atoms with Gasteiger partial charge in [0.1, 0.15) is 5.82 Å². The van der Waals surface area contributed by atoms with Crippen molar-refractivity contribution < 1.29 is 9.18 Å². The van der Waals surface area contributed by atoms with Gasteiger partial charge in [0, 0.05) is 18.6 Å². The van der Waals surface area contributed by atoms with Gasteiger partial charge in [-0.1, -0.05) is 12.1 Å². The van der Waals surface area contributed by atoms with Gasteiger partial charge in [-0.25, -0.2) is 14.1 Å². The molecule has 28 heavy (non-hydrogen) atoms. The Bertz CT molecular complexity index is 988. The Morgan fingerprint density at radius 1 is 1.18 bits per heavy atom. The lowest BCUT2D eigenvalue weighted by atomic mass is 10.1. The van der Waals surface area contributed by atoms with Crippen molar-refractivity contribution >= 4 is 17.2 Å². The van der Waals surface area contributed by atoms with Crippen LogP contribution < -0.4 is 5.32 Å². The molecule has 0 spiro atoms. The summed E-state index contributed by atoms with van der Waals surface area (Å²) < 4.78 is 15.4. The molecule has 2 unspecified atom stereocenters. The molecule has 2 aliphatic rings. The number of carbonyl (C=O) groups is 1. The predicted octanol–water partition coefficient (Wildman–Crippen LogP) is 3.10. The number of nitrogens with zero attached hydrogens (tertiary/aromatic N) is 4. The fraction of sp³-hybridized carbons (Fsp3) is 0.350. The van der Waals surface area contributed by atoms with Crippen LogP contribution in [0.1, 0.15) is 29.9 Å². The molecule has 2 aromatic heterocycles. The molecular formula is C20H20FN5OS. The van der Waals surface area contributed by atoms with Crippen LogP contribution in [0.2, 0.25) is 0 Å². The highest BCUT2D eigenvalue weighted by molar-refractivity contribution is 7.13. The van der Waals surface area contributed by atoms with Gasteiger partial charge >= 0.3 is 0 Å². The van der Waals surface area contributed by atoms with Gasteiger partial charge in [-0.05, 0) is 55.5 Å².